The zero-order valence-electron chi connectivity index (χ0n) is 9.40. The highest BCUT2D eigenvalue weighted by molar-refractivity contribution is 7.15. The van der Waals surface area contributed by atoms with Crippen molar-refractivity contribution in [1.82, 2.24) is 9.97 Å². The maximum atomic E-state index is 11.9. The largest absolute Gasteiger partial charge is 0.307 e. The first-order chi connectivity index (χ1) is 8.60. The van der Waals surface area contributed by atoms with E-state index in [1.165, 1.54) is 23.6 Å². The molecular formula is C10H10ClN5OS. The highest BCUT2D eigenvalue weighted by Gasteiger charge is 2.11. The van der Waals surface area contributed by atoms with Crippen molar-refractivity contribution in [3.63, 3.8) is 0 Å². The molecule has 0 aliphatic rings. The number of pyridine rings is 1. The lowest BCUT2D eigenvalue weighted by atomic mass is 10.2. The van der Waals surface area contributed by atoms with Gasteiger partial charge in [0.25, 0.3) is 5.91 Å². The third kappa shape index (κ3) is 2.76. The first-order valence-electron chi connectivity index (χ1n) is 4.96. The molecule has 0 radical (unpaired) electrons. The molecule has 0 spiro atoms. The summed E-state index contributed by atoms with van der Waals surface area (Å²) in [5, 5.41) is 3.48. The zero-order chi connectivity index (χ0) is 13.1. The number of carbonyl (C=O) groups is 1. The average Bonchev–Trinajstić information content (AvgIpc) is 2.74. The number of nitrogens with zero attached hydrogens (tertiary/aromatic N) is 2. The number of halogens is 1. The monoisotopic (exact) mass is 283 g/mol. The highest BCUT2D eigenvalue weighted by Crippen LogP contribution is 2.21. The Kier molecular flexibility index (Phi) is 3.75. The van der Waals surface area contributed by atoms with Crippen LogP contribution in [0.4, 0.5) is 10.9 Å². The van der Waals surface area contributed by atoms with Gasteiger partial charge in [-0.2, -0.15) is 0 Å². The van der Waals surface area contributed by atoms with Crippen molar-refractivity contribution < 1.29 is 4.79 Å². The molecule has 0 fully saturated rings. The van der Waals surface area contributed by atoms with Gasteiger partial charge in [-0.05, 0) is 13.0 Å². The molecule has 2 heterocycles. The van der Waals surface area contributed by atoms with E-state index in [-0.39, 0.29) is 10.9 Å². The van der Waals surface area contributed by atoms with Crippen LogP contribution in [0.5, 0.6) is 0 Å². The Labute approximate surface area is 112 Å². The molecule has 0 aromatic carbocycles. The molecule has 2 aromatic rings. The molecule has 4 N–H and O–H groups in total. The van der Waals surface area contributed by atoms with E-state index in [1.807, 2.05) is 6.92 Å². The van der Waals surface area contributed by atoms with E-state index < -0.39 is 0 Å². The predicted molar refractivity (Wildman–Crippen MR) is 71.9 cm³/mol. The summed E-state index contributed by atoms with van der Waals surface area (Å²) >= 11 is 7.28. The summed E-state index contributed by atoms with van der Waals surface area (Å²) in [4.78, 5) is 20.9. The quantitative estimate of drug-likeness (QED) is 0.592. The van der Waals surface area contributed by atoms with Gasteiger partial charge in [0.15, 0.2) is 10.9 Å². The number of carbonyl (C=O) groups excluding carboxylic acids is 1. The van der Waals surface area contributed by atoms with Crippen LogP contribution >= 0.6 is 22.9 Å². The SMILES string of the molecule is Cc1cnc(NC(=O)c2cnc(NN)c(Cl)c2)s1. The van der Waals surface area contributed by atoms with E-state index in [0.717, 1.165) is 4.88 Å². The van der Waals surface area contributed by atoms with E-state index >= 15 is 0 Å². The molecule has 0 unspecified atom stereocenters. The number of nitrogens with one attached hydrogen (secondary N) is 2. The minimum atomic E-state index is -0.317. The van der Waals surface area contributed by atoms with Gasteiger partial charge in [-0.1, -0.05) is 11.6 Å². The first kappa shape index (κ1) is 12.7. The zero-order valence-corrected chi connectivity index (χ0v) is 11.0. The second-order valence-corrected chi connectivity index (χ2v) is 5.07. The topological polar surface area (TPSA) is 92.9 Å². The summed E-state index contributed by atoms with van der Waals surface area (Å²) in [5.74, 6) is 5.20. The van der Waals surface area contributed by atoms with E-state index in [1.54, 1.807) is 6.20 Å². The molecule has 8 heteroatoms. The molecule has 0 bridgehead atoms. The van der Waals surface area contributed by atoms with Crippen molar-refractivity contribution in [2.45, 2.75) is 6.92 Å². The molecule has 94 valence electrons. The number of hydrogen-bond donors (Lipinski definition) is 3. The van der Waals surface area contributed by atoms with E-state index in [0.29, 0.717) is 16.5 Å². The van der Waals surface area contributed by atoms with Crippen molar-refractivity contribution in [3.8, 4) is 0 Å². The first-order valence-corrected chi connectivity index (χ1v) is 6.15. The number of nitrogens with two attached hydrogens (primary N) is 1. The van der Waals surface area contributed by atoms with Gasteiger partial charge < -0.3 is 5.43 Å². The highest BCUT2D eigenvalue weighted by atomic mass is 35.5. The smallest absolute Gasteiger partial charge is 0.259 e. The van der Waals surface area contributed by atoms with Gasteiger partial charge in [-0.15, -0.1) is 11.3 Å². The minimum Gasteiger partial charge on any atom is -0.307 e. The predicted octanol–water partition coefficient (Wildman–Crippen LogP) is 2.04. The number of hydrazine groups is 1. The Bertz CT molecular complexity index is 585. The molecular weight excluding hydrogens is 274 g/mol. The van der Waals surface area contributed by atoms with Crippen LogP contribution in [0.15, 0.2) is 18.5 Å². The number of rotatable bonds is 3. The molecule has 6 nitrogen and oxygen atoms in total. The molecule has 0 atom stereocenters. The lowest BCUT2D eigenvalue weighted by molar-refractivity contribution is 0.102. The second-order valence-electron chi connectivity index (χ2n) is 3.43. The molecule has 0 aliphatic carbocycles. The van der Waals surface area contributed by atoms with Gasteiger partial charge in [0.05, 0.1) is 10.6 Å². The number of aromatic nitrogens is 2. The van der Waals surface area contributed by atoms with Gasteiger partial charge >= 0.3 is 0 Å². The van der Waals surface area contributed by atoms with Gasteiger partial charge in [0, 0.05) is 17.3 Å². The third-order valence-electron chi connectivity index (χ3n) is 2.08. The molecule has 1 amide bonds. The van der Waals surface area contributed by atoms with E-state index in [2.05, 4.69) is 20.7 Å². The Balaban J connectivity index is 2.16. The van der Waals surface area contributed by atoms with Gasteiger partial charge in [0.2, 0.25) is 0 Å². The summed E-state index contributed by atoms with van der Waals surface area (Å²) in [6.07, 6.45) is 3.07. The van der Waals surface area contributed by atoms with Gasteiger partial charge in [0.1, 0.15) is 0 Å². The van der Waals surface area contributed by atoms with Crippen LogP contribution < -0.4 is 16.6 Å². The van der Waals surface area contributed by atoms with Crippen molar-refractivity contribution in [3.05, 3.63) is 33.9 Å². The summed E-state index contributed by atoms with van der Waals surface area (Å²) in [6, 6.07) is 1.49. The van der Waals surface area contributed by atoms with Gasteiger partial charge in [-0.25, -0.2) is 15.8 Å². The lowest BCUT2D eigenvalue weighted by Crippen LogP contribution is -2.14. The number of hydrogen-bond acceptors (Lipinski definition) is 6. The molecule has 0 aliphatic heterocycles. The number of amides is 1. The standard InChI is InChI=1S/C10H10ClN5OS/c1-5-3-14-10(18-5)15-9(17)6-2-7(11)8(16-12)13-4-6/h2-4H,12H2,1H3,(H,13,16)(H,14,15,17). The van der Waals surface area contributed by atoms with Crippen molar-refractivity contribution >= 4 is 39.8 Å². The lowest BCUT2D eigenvalue weighted by Gasteiger charge is -2.05. The van der Waals surface area contributed by atoms with E-state index in [4.69, 9.17) is 17.4 Å². The minimum absolute atomic E-state index is 0.278. The Morgan fingerprint density at radius 2 is 2.22 bits per heavy atom. The fourth-order valence-electron chi connectivity index (χ4n) is 1.25. The fraction of sp³-hybridized carbons (Fsp3) is 0.100. The van der Waals surface area contributed by atoms with Crippen molar-refractivity contribution in [2.24, 2.45) is 5.84 Å². The van der Waals surface area contributed by atoms with Crippen LogP contribution in [0.2, 0.25) is 5.02 Å². The molecule has 0 saturated heterocycles. The molecule has 2 aromatic heterocycles. The number of thiazole rings is 1. The summed E-state index contributed by atoms with van der Waals surface area (Å²) in [6.45, 7) is 1.91. The van der Waals surface area contributed by atoms with Crippen LogP contribution in [-0.4, -0.2) is 15.9 Å². The maximum Gasteiger partial charge on any atom is 0.259 e. The molecule has 0 saturated carbocycles. The van der Waals surface area contributed by atoms with Crippen LogP contribution in [-0.2, 0) is 0 Å². The van der Waals surface area contributed by atoms with Crippen LogP contribution in [0, 0.1) is 6.92 Å². The molecule has 18 heavy (non-hydrogen) atoms. The molecule has 2 rings (SSSR count). The van der Waals surface area contributed by atoms with Crippen molar-refractivity contribution in [1.29, 1.82) is 0 Å². The van der Waals surface area contributed by atoms with Crippen LogP contribution in [0.1, 0.15) is 15.2 Å². The van der Waals surface area contributed by atoms with E-state index in [9.17, 15) is 4.79 Å². The Morgan fingerprint density at radius 1 is 1.44 bits per heavy atom. The van der Waals surface area contributed by atoms with Crippen molar-refractivity contribution in [2.75, 3.05) is 10.7 Å². The number of nitrogen functional groups attached to an aromatic ring is 1. The second kappa shape index (κ2) is 5.30. The summed E-state index contributed by atoms with van der Waals surface area (Å²) < 4.78 is 0. The van der Waals surface area contributed by atoms with Gasteiger partial charge in [-0.3, -0.25) is 10.1 Å². The summed E-state index contributed by atoms with van der Waals surface area (Å²) in [5.41, 5.74) is 2.67. The Hall–Kier alpha value is -1.70. The van der Waals surface area contributed by atoms with Crippen LogP contribution in [0.25, 0.3) is 0 Å². The number of aryl methyl sites for hydroxylation is 1. The number of anilines is 2. The average molecular weight is 284 g/mol. The maximum absolute atomic E-state index is 11.9. The van der Waals surface area contributed by atoms with Crippen LogP contribution in [0.3, 0.4) is 0 Å². The normalized spacial score (nSPS) is 10.2. The third-order valence-corrected chi connectivity index (χ3v) is 3.20. The summed E-state index contributed by atoms with van der Waals surface area (Å²) in [7, 11) is 0. The fourth-order valence-corrected chi connectivity index (χ4v) is 2.13. The Morgan fingerprint density at radius 3 is 2.78 bits per heavy atom.